The van der Waals surface area contributed by atoms with Gasteiger partial charge in [-0.2, -0.15) is 5.10 Å². The molecule has 1 aliphatic rings. The van der Waals surface area contributed by atoms with Crippen molar-refractivity contribution in [3.05, 3.63) is 149 Å². The van der Waals surface area contributed by atoms with E-state index in [1.165, 1.54) is 18.0 Å². The lowest BCUT2D eigenvalue weighted by Gasteiger charge is -2.37. The summed E-state index contributed by atoms with van der Waals surface area (Å²) in [7, 11) is 0. The summed E-state index contributed by atoms with van der Waals surface area (Å²) >= 11 is 5.96. The van der Waals surface area contributed by atoms with Gasteiger partial charge in [0.1, 0.15) is 23.8 Å². The van der Waals surface area contributed by atoms with Crippen LogP contribution < -0.4 is 0 Å². The molecule has 0 fully saturated rings. The number of fused-ring (bicyclic) bond motifs is 1. The highest BCUT2D eigenvalue weighted by Gasteiger charge is 2.34. The van der Waals surface area contributed by atoms with E-state index in [4.69, 9.17) is 11.6 Å². The number of pyridine rings is 1. The molecular weight excluding hydrogens is 572 g/mol. The molecule has 3 heterocycles. The second kappa shape index (κ2) is 13.5. The quantitative estimate of drug-likeness (QED) is 0.163. The molecule has 220 valence electrons. The molecule has 6 rings (SSSR count). The number of rotatable bonds is 9. The molecule has 1 atom stereocenters. The maximum Gasteiger partial charge on any atom is 0.247 e. The highest BCUT2D eigenvalue weighted by Crippen LogP contribution is 2.23. The molecule has 9 heteroatoms. The third kappa shape index (κ3) is 6.93. The Bertz CT molecular complexity index is 1740. The summed E-state index contributed by atoms with van der Waals surface area (Å²) < 4.78 is 1.67. The van der Waals surface area contributed by atoms with Crippen molar-refractivity contribution >= 4 is 29.5 Å². The maximum atomic E-state index is 14.4. The molecule has 2 aromatic heterocycles. The first-order valence-electron chi connectivity index (χ1n) is 14.5. The number of nitrogens with zero attached hydrogens (tertiary/aromatic N) is 6. The second-order valence-corrected chi connectivity index (χ2v) is 11.1. The Morgan fingerprint density at radius 1 is 0.909 bits per heavy atom. The third-order valence-corrected chi connectivity index (χ3v) is 8.02. The van der Waals surface area contributed by atoms with E-state index in [1.807, 2.05) is 71.6 Å². The lowest BCUT2D eigenvalue weighted by Crippen LogP contribution is -2.52. The summed E-state index contributed by atoms with van der Waals surface area (Å²) in [5.41, 5.74) is 5.85. The first kappa shape index (κ1) is 29.0. The Kier molecular flexibility index (Phi) is 8.89. The summed E-state index contributed by atoms with van der Waals surface area (Å²) in [6.45, 7) is 1.36. The van der Waals surface area contributed by atoms with Crippen molar-refractivity contribution in [2.24, 2.45) is 0 Å². The van der Waals surface area contributed by atoms with Crippen molar-refractivity contribution in [2.75, 3.05) is 6.54 Å². The van der Waals surface area contributed by atoms with Gasteiger partial charge in [0.2, 0.25) is 11.8 Å². The highest BCUT2D eigenvalue weighted by atomic mass is 35.5. The van der Waals surface area contributed by atoms with Crippen LogP contribution in [0.15, 0.2) is 116 Å². The van der Waals surface area contributed by atoms with Crippen LogP contribution in [0.25, 0.3) is 11.8 Å². The SMILES string of the molecule is O=C([C@H](Cc1ccccc1)N(Cc1ccc(-n2cncn2)cc1)C(=O)C=Cc1ccc(Cl)nc1)N1CCc2ccccc2C1. The van der Waals surface area contributed by atoms with Gasteiger partial charge in [-0.3, -0.25) is 9.59 Å². The molecule has 2 amide bonds. The summed E-state index contributed by atoms with van der Waals surface area (Å²) in [6.07, 6.45) is 9.09. The molecule has 44 heavy (non-hydrogen) atoms. The van der Waals surface area contributed by atoms with Crippen LogP contribution in [0.3, 0.4) is 0 Å². The molecule has 0 spiro atoms. The molecule has 0 radical (unpaired) electrons. The largest absolute Gasteiger partial charge is 0.336 e. The molecule has 5 aromatic rings. The Morgan fingerprint density at radius 3 is 2.41 bits per heavy atom. The molecule has 0 saturated heterocycles. The molecule has 0 aliphatic carbocycles. The number of halogens is 1. The fourth-order valence-corrected chi connectivity index (χ4v) is 5.56. The fraction of sp³-hybridized carbons (Fsp3) is 0.171. The first-order chi connectivity index (χ1) is 21.5. The van der Waals surface area contributed by atoms with Crippen LogP contribution in [-0.4, -0.2) is 53.9 Å². The molecular formula is C35H31ClN6O2. The van der Waals surface area contributed by atoms with Crippen LogP contribution in [0.4, 0.5) is 0 Å². The van der Waals surface area contributed by atoms with Crippen molar-refractivity contribution in [1.82, 2.24) is 29.5 Å². The predicted octanol–water partition coefficient (Wildman–Crippen LogP) is 5.55. The van der Waals surface area contributed by atoms with E-state index in [0.717, 1.165) is 34.4 Å². The van der Waals surface area contributed by atoms with Gasteiger partial charge in [-0.15, -0.1) is 0 Å². The highest BCUT2D eigenvalue weighted by molar-refractivity contribution is 6.29. The zero-order chi connectivity index (χ0) is 30.3. The zero-order valence-electron chi connectivity index (χ0n) is 24.0. The molecule has 1 aliphatic heterocycles. The number of benzene rings is 3. The van der Waals surface area contributed by atoms with Gasteiger partial charge in [-0.1, -0.05) is 84.4 Å². The van der Waals surface area contributed by atoms with Gasteiger partial charge in [0.15, 0.2) is 0 Å². The average Bonchev–Trinajstić information content (AvgIpc) is 3.61. The molecule has 0 unspecified atom stereocenters. The Balaban J connectivity index is 1.34. The third-order valence-electron chi connectivity index (χ3n) is 7.80. The van der Waals surface area contributed by atoms with E-state index in [0.29, 0.717) is 24.7 Å². The van der Waals surface area contributed by atoms with Crippen molar-refractivity contribution in [3.63, 3.8) is 0 Å². The minimum absolute atomic E-state index is 0.0718. The lowest BCUT2D eigenvalue weighted by atomic mass is 9.97. The normalized spacial score (nSPS) is 13.4. The van der Waals surface area contributed by atoms with Crippen molar-refractivity contribution in [2.45, 2.75) is 32.0 Å². The van der Waals surface area contributed by atoms with Crippen molar-refractivity contribution in [1.29, 1.82) is 0 Å². The number of carbonyl (C=O) groups excluding carboxylic acids is 2. The number of carbonyl (C=O) groups is 2. The number of amides is 2. The molecule has 0 saturated carbocycles. The lowest BCUT2D eigenvalue weighted by molar-refractivity contribution is -0.144. The summed E-state index contributed by atoms with van der Waals surface area (Å²) in [4.78, 5) is 40.2. The van der Waals surface area contributed by atoms with Crippen molar-refractivity contribution < 1.29 is 9.59 Å². The minimum Gasteiger partial charge on any atom is -0.336 e. The van der Waals surface area contributed by atoms with E-state index in [2.05, 4.69) is 27.2 Å². The number of hydrogen-bond donors (Lipinski definition) is 0. The smallest absolute Gasteiger partial charge is 0.247 e. The van der Waals surface area contributed by atoms with Gasteiger partial charge in [0, 0.05) is 38.3 Å². The van der Waals surface area contributed by atoms with Gasteiger partial charge < -0.3 is 9.80 Å². The van der Waals surface area contributed by atoms with Crippen LogP contribution >= 0.6 is 11.6 Å². The number of hydrogen-bond acceptors (Lipinski definition) is 5. The Hall–Kier alpha value is -5.08. The van der Waals surface area contributed by atoms with E-state index < -0.39 is 6.04 Å². The van der Waals surface area contributed by atoms with E-state index in [-0.39, 0.29) is 18.4 Å². The maximum absolute atomic E-state index is 14.4. The van der Waals surface area contributed by atoms with E-state index >= 15 is 0 Å². The molecule has 3 aromatic carbocycles. The van der Waals surface area contributed by atoms with Gasteiger partial charge in [-0.25, -0.2) is 14.6 Å². The van der Waals surface area contributed by atoms with Crippen LogP contribution in [0, 0.1) is 0 Å². The van der Waals surface area contributed by atoms with Gasteiger partial charge in [0.25, 0.3) is 0 Å². The molecule has 0 N–H and O–H groups in total. The summed E-state index contributed by atoms with van der Waals surface area (Å²) in [5.74, 6) is -0.343. The van der Waals surface area contributed by atoms with Gasteiger partial charge >= 0.3 is 0 Å². The van der Waals surface area contributed by atoms with Crippen LogP contribution in [-0.2, 0) is 35.5 Å². The summed E-state index contributed by atoms with van der Waals surface area (Å²) in [5, 5.41) is 4.57. The first-order valence-corrected chi connectivity index (χ1v) is 14.8. The van der Waals surface area contributed by atoms with E-state index in [9.17, 15) is 9.59 Å². The van der Waals surface area contributed by atoms with Crippen molar-refractivity contribution in [3.8, 4) is 5.69 Å². The Morgan fingerprint density at radius 2 is 1.68 bits per heavy atom. The predicted molar refractivity (Wildman–Crippen MR) is 170 cm³/mol. The zero-order valence-corrected chi connectivity index (χ0v) is 24.8. The summed E-state index contributed by atoms with van der Waals surface area (Å²) in [6, 6.07) is 28.6. The van der Waals surface area contributed by atoms with Gasteiger partial charge in [-0.05, 0) is 58.5 Å². The molecule has 0 bridgehead atoms. The standard InChI is InChI=1S/C35H31ClN6O2/c36-33-16-12-27(21-38-33)13-17-34(43)41(22-28-10-14-31(15-11-28)42-25-37-24-39-42)32(20-26-6-2-1-3-7-26)35(44)40-19-18-29-8-4-5-9-30(29)23-40/h1-17,21,24-25,32H,18-20,22-23H2/t32-/m0/s1. The monoisotopic (exact) mass is 602 g/mol. The van der Waals surface area contributed by atoms with E-state index in [1.54, 1.807) is 40.3 Å². The topological polar surface area (TPSA) is 84.2 Å². The molecule has 8 nitrogen and oxygen atoms in total. The second-order valence-electron chi connectivity index (χ2n) is 10.7. The van der Waals surface area contributed by atoms with Crippen LogP contribution in [0.2, 0.25) is 5.15 Å². The number of aromatic nitrogens is 4. The van der Waals surface area contributed by atoms with Crippen LogP contribution in [0.5, 0.6) is 0 Å². The van der Waals surface area contributed by atoms with Crippen LogP contribution in [0.1, 0.15) is 27.8 Å². The minimum atomic E-state index is -0.724. The fourth-order valence-electron chi connectivity index (χ4n) is 5.45. The Labute approximate surface area is 261 Å². The average molecular weight is 603 g/mol. The van der Waals surface area contributed by atoms with Gasteiger partial charge in [0.05, 0.1) is 5.69 Å².